The SMILES string of the molecule is C#CCOC[C@H](O)CN(CCC(C)C)Cc1cccs1. The van der Waals surface area contributed by atoms with Crippen molar-refractivity contribution in [3.05, 3.63) is 22.4 Å². The molecule has 112 valence electrons. The molecule has 0 aliphatic heterocycles. The van der Waals surface area contributed by atoms with Crippen LogP contribution in [0.25, 0.3) is 0 Å². The maximum atomic E-state index is 10.0. The Labute approximate surface area is 126 Å². The van der Waals surface area contributed by atoms with E-state index in [2.05, 4.69) is 42.2 Å². The molecule has 0 amide bonds. The van der Waals surface area contributed by atoms with Crippen LogP contribution in [0.5, 0.6) is 0 Å². The maximum Gasteiger partial charge on any atom is 0.107 e. The quantitative estimate of drug-likeness (QED) is 0.532. The van der Waals surface area contributed by atoms with Crippen LogP contribution >= 0.6 is 11.3 Å². The number of rotatable bonds is 10. The lowest BCUT2D eigenvalue weighted by atomic mass is 10.1. The summed E-state index contributed by atoms with van der Waals surface area (Å²) in [6.45, 7) is 7.49. The van der Waals surface area contributed by atoms with Gasteiger partial charge < -0.3 is 9.84 Å². The first-order valence-electron chi connectivity index (χ1n) is 7.05. The molecule has 0 spiro atoms. The van der Waals surface area contributed by atoms with Crippen LogP contribution in [0.2, 0.25) is 0 Å². The van der Waals surface area contributed by atoms with Crippen molar-refractivity contribution in [3.63, 3.8) is 0 Å². The van der Waals surface area contributed by atoms with Crippen molar-refractivity contribution in [2.45, 2.75) is 32.9 Å². The van der Waals surface area contributed by atoms with E-state index in [1.54, 1.807) is 11.3 Å². The van der Waals surface area contributed by atoms with Gasteiger partial charge in [0.05, 0.1) is 12.7 Å². The van der Waals surface area contributed by atoms with Crippen LogP contribution in [0, 0.1) is 18.3 Å². The minimum Gasteiger partial charge on any atom is -0.389 e. The van der Waals surface area contributed by atoms with Gasteiger partial charge in [-0.3, -0.25) is 4.90 Å². The number of terminal acetylenes is 1. The van der Waals surface area contributed by atoms with Gasteiger partial charge in [-0.2, -0.15) is 0 Å². The van der Waals surface area contributed by atoms with Crippen LogP contribution < -0.4 is 0 Å². The van der Waals surface area contributed by atoms with Crippen molar-refractivity contribution in [2.75, 3.05) is 26.3 Å². The second kappa shape index (κ2) is 9.95. The summed E-state index contributed by atoms with van der Waals surface area (Å²) in [5, 5.41) is 12.1. The molecular weight excluding hydrogens is 270 g/mol. The molecule has 0 saturated heterocycles. The predicted molar refractivity (Wildman–Crippen MR) is 84.7 cm³/mol. The first-order valence-corrected chi connectivity index (χ1v) is 7.93. The number of ether oxygens (including phenoxy) is 1. The summed E-state index contributed by atoms with van der Waals surface area (Å²) in [7, 11) is 0. The van der Waals surface area contributed by atoms with Crippen LogP contribution in [0.15, 0.2) is 17.5 Å². The molecule has 1 heterocycles. The lowest BCUT2D eigenvalue weighted by Gasteiger charge is -2.25. The Balaban J connectivity index is 2.42. The first-order chi connectivity index (χ1) is 9.61. The number of hydrogen-bond donors (Lipinski definition) is 1. The van der Waals surface area contributed by atoms with Crippen molar-refractivity contribution in [3.8, 4) is 12.3 Å². The molecule has 0 unspecified atom stereocenters. The summed E-state index contributed by atoms with van der Waals surface area (Å²) >= 11 is 1.75. The summed E-state index contributed by atoms with van der Waals surface area (Å²) in [5.41, 5.74) is 0. The molecule has 1 N–H and O–H groups in total. The zero-order chi connectivity index (χ0) is 14.8. The van der Waals surface area contributed by atoms with Gasteiger partial charge in [0.2, 0.25) is 0 Å². The van der Waals surface area contributed by atoms with Gasteiger partial charge in [0.15, 0.2) is 0 Å². The van der Waals surface area contributed by atoms with Gasteiger partial charge in [-0.05, 0) is 30.3 Å². The zero-order valence-electron chi connectivity index (χ0n) is 12.4. The van der Waals surface area contributed by atoms with E-state index in [1.165, 1.54) is 4.88 Å². The van der Waals surface area contributed by atoms with Gasteiger partial charge in [-0.25, -0.2) is 0 Å². The Hall–Kier alpha value is -0.860. The minimum absolute atomic E-state index is 0.258. The third-order valence-electron chi connectivity index (χ3n) is 2.95. The molecule has 0 radical (unpaired) electrons. The van der Waals surface area contributed by atoms with E-state index >= 15 is 0 Å². The molecule has 20 heavy (non-hydrogen) atoms. The van der Waals surface area contributed by atoms with E-state index in [0.29, 0.717) is 19.1 Å². The van der Waals surface area contributed by atoms with E-state index in [1.807, 2.05) is 0 Å². The van der Waals surface area contributed by atoms with Gasteiger partial charge in [0, 0.05) is 18.0 Å². The molecule has 1 aromatic rings. The second-order valence-electron chi connectivity index (χ2n) is 5.37. The Morgan fingerprint density at radius 1 is 1.50 bits per heavy atom. The fourth-order valence-electron chi connectivity index (χ4n) is 1.90. The van der Waals surface area contributed by atoms with E-state index in [-0.39, 0.29) is 6.61 Å². The van der Waals surface area contributed by atoms with Crippen LogP contribution in [0.1, 0.15) is 25.1 Å². The van der Waals surface area contributed by atoms with Gasteiger partial charge in [-0.1, -0.05) is 25.8 Å². The molecular formula is C16H25NO2S. The number of thiophene rings is 1. The summed E-state index contributed by atoms with van der Waals surface area (Å²) in [4.78, 5) is 3.61. The third kappa shape index (κ3) is 7.66. The molecule has 0 aliphatic carbocycles. The molecule has 1 rings (SSSR count). The average molecular weight is 295 g/mol. The maximum absolute atomic E-state index is 10.0. The van der Waals surface area contributed by atoms with Crippen molar-refractivity contribution in [2.24, 2.45) is 5.92 Å². The van der Waals surface area contributed by atoms with Gasteiger partial charge in [0.1, 0.15) is 6.61 Å². The smallest absolute Gasteiger partial charge is 0.107 e. The lowest BCUT2D eigenvalue weighted by Crippen LogP contribution is -2.35. The zero-order valence-corrected chi connectivity index (χ0v) is 13.2. The van der Waals surface area contributed by atoms with Gasteiger partial charge in [-0.15, -0.1) is 17.8 Å². The highest BCUT2D eigenvalue weighted by Gasteiger charge is 2.13. The van der Waals surface area contributed by atoms with Gasteiger partial charge in [0.25, 0.3) is 0 Å². The largest absolute Gasteiger partial charge is 0.389 e. The fourth-order valence-corrected chi connectivity index (χ4v) is 2.65. The summed E-state index contributed by atoms with van der Waals surface area (Å²) < 4.78 is 5.20. The fraction of sp³-hybridized carbons (Fsp3) is 0.625. The van der Waals surface area contributed by atoms with E-state index in [0.717, 1.165) is 19.5 Å². The van der Waals surface area contributed by atoms with E-state index in [9.17, 15) is 5.11 Å². The normalized spacial score (nSPS) is 12.8. The number of hydrogen-bond acceptors (Lipinski definition) is 4. The molecule has 0 bridgehead atoms. The van der Waals surface area contributed by atoms with Crippen LogP contribution in [0.3, 0.4) is 0 Å². The molecule has 1 aromatic heterocycles. The Bertz CT molecular complexity index is 384. The van der Waals surface area contributed by atoms with Gasteiger partial charge >= 0.3 is 0 Å². The first kappa shape index (κ1) is 17.2. The van der Waals surface area contributed by atoms with Crippen molar-refractivity contribution < 1.29 is 9.84 Å². The van der Waals surface area contributed by atoms with Crippen LogP contribution in [0.4, 0.5) is 0 Å². The van der Waals surface area contributed by atoms with Crippen molar-refractivity contribution in [1.29, 1.82) is 0 Å². The highest BCUT2D eigenvalue weighted by atomic mass is 32.1. The molecule has 0 saturated carbocycles. The Kier molecular flexibility index (Phi) is 8.56. The number of nitrogens with zero attached hydrogens (tertiary/aromatic N) is 1. The minimum atomic E-state index is -0.490. The monoisotopic (exact) mass is 295 g/mol. The summed E-state index contributed by atoms with van der Waals surface area (Å²) in [6.07, 6.45) is 5.76. The molecule has 0 aliphatic rings. The standard InChI is InChI=1S/C16H25NO2S/c1-4-9-19-13-15(18)11-17(8-7-14(2)3)12-16-6-5-10-20-16/h1,5-6,10,14-15,18H,7-9,11-13H2,2-3H3/t15-/m1/s1. The van der Waals surface area contributed by atoms with Crippen LogP contribution in [-0.2, 0) is 11.3 Å². The molecule has 4 heteroatoms. The Morgan fingerprint density at radius 3 is 2.90 bits per heavy atom. The highest BCUT2D eigenvalue weighted by Crippen LogP contribution is 2.13. The molecule has 1 atom stereocenters. The van der Waals surface area contributed by atoms with Crippen molar-refractivity contribution in [1.82, 2.24) is 4.90 Å². The second-order valence-corrected chi connectivity index (χ2v) is 6.40. The summed E-state index contributed by atoms with van der Waals surface area (Å²) in [5.74, 6) is 3.07. The van der Waals surface area contributed by atoms with E-state index in [4.69, 9.17) is 11.2 Å². The van der Waals surface area contributed by atoms with Crippen LogP contribution in [-0.4, -0.2) is 42.4 Å². The predicted octanol–water partition coefficient (Wildman–Crippen LogP) is 2.61. The molecule has 0 fully saturated rings. The highest BCUT2D eigenvalue weighted by molar-refractivity contribution is 7.09. The summed E-state index contributed by atoms with van der Waals surface area (Å²) in [6, 6.07) is 4.20. The average Bonchev–Trinajstić information content (AvgIpc) is 2.89. The van der Waals surface area contributed by atoms with E-state index < -0.39 is 6.10 Å². The Morgan fingerprint density at radius 2 is 2.30 bits per heavy atom. The topological polar surface area (TPSA) is 32.7 Å². The number of aliphatic hydroxyl groups is 1. The third-order valence-corrected chi connectivity index (χ3v) is 3.81. The molecule has 3 nitrogen and oxygen atoms in total. The lowest BCUT2D eigenvalue weighted by molar-refractivity contribution is 0.0254. The van der Waals surface area contributed by atoms with Crippen molar-refractivity contribution >= 4 is 11.3 Å². The number of aliphatic hydroxyl groups excluding tert-OH is 1. The molecule has 0 aromatic carbocycles.